The van der Waals surface area contributed by atoms with E-state index in [2.05, 4.69) is 4.99 Å². The molecule has 6 heteroatoms. The number of aliphatic imine (C=N–C) groups is 1. The topological polar surface area (TPSA) is 34.1 Å². The van der Waals surface area contributed by atoms with Gasteiger partial charge in [0.25, 0.3) is 0 Å². The number of nitrogens with zero attached hydrogens (tertiary/aromatic N) is 2. The third-order valence-corrected chi connectivity index (χ3v) is 4.99. The fourth-order valence-corrected chi connectivity index (χ4v) is 3.16. The summed E-state index contributed by atoms with van der Waals surface area (Å²) in [6, 6.07) is 10.8. The molecule has 1 aliphatic heterocycles. The largest absolute Gasteiger partial charge is 0.375 e. The van der Waals surface area contributed by atoms with Crippen molar-refractivity contribution in [2.75, 3.05) is 26.8 Å². The number of halogens is 2. The summed E-state index contributed by atoms with van der Waals surface area (Å²) in [7, 11) is 1.90. The Bertz CT molecular complexity index is 837. The Morgan fingerprint density at radius 1 is 1.33 bits per heavy atom. The molecule has 0 spiro atoms. The maximum absolute atomic E-state index is 14.6. The van der Waals surface area contributed by atoms with Crippen molar-refractivity contribution in [3.8, 4) is 0 Å². The lowest BCUT2D eigenvalue weighted by molar-refractivity contribution is -0.223. The molecule has 1 fully saturated rings. The maximum Gasteiger partial charge on any atom is 0.149 e. The molecule has 144 valence electrons. The lowest BCUT2D eigenvalue weighted by atomic mass is 9.87. The van der Waals surface area contributed by atoms with Gasteiger partial charge >= 0.3 is 0 Å². The Labute approximate surface area is 164 Å². The van der Waals surface area contributed by atoms with Gasteiger partial charge in [0.1, 0.15) is 17.1 Å². The molecule has 1 saturated heterocycles. The van der Waals surface area contributed by atoms with E-state index in [9.17, 15) is 4.39 Å². The summed E-state index contributed by atoms with van der Waals surface area (Å²) in [6.07, 6.45) is 1.63. The number of benzene rings is 2. The highest BCUT2D eigenvalue weighted by Crippen LogP contribution is 2.38. The summed E-state index contributed by atoms with van der Waals surface area (Å²) in [5.74, 6) is -0.367. The second kappa shape index (κ2) is 8.38. The van der Waals surface area contributed by atoms with Crippen molar-refractivity contribution in [1.29, 1.82) is 0 Å². The molecule has 2 aromatic carbocycles. The van der Waals surface area contributed by atoms with Gasteiger partial charge in [0.2, 0.25) is 0 Å². The molecular formula is C21H24ClFN2O2. The van der Waals surface area contributed by atoms with Crippen molar-refractivity contribution in [3.05, 3.63) is 63.9 Å². The summed E-state index contributed by atoms with van der Waals surface area (Å²) in [5.41, 5.74) is 2.38. The summed E-state index contributed by atoms with van der Waals surface area (Å²) >= 11 is 6.04. The van der Waals surface area contributed by atoms with Crippen LogP contribution in [-0.2, 0) is 21.7 Å². The second-order valence-electron chi connectivity index (χ2n) is 6.84. The van der Waals surface area contributed by atoms with Gasteiger partial charge in [0, 0.05) is 18.6 Å². The summed E-state index contributed by atoms with van der Waals surface area (Å²) < 4.78 is 26.2. The molecule has 0 radical (unpaired) electrons. The zero-order chi connectivity index (χ0) is 19.4. The van der Waals surface area contributed by atoms with E-state index in [1.807, 2.05) is 50.1 Å². The van der Waals surface area contributed by atoms with Gasteiger partial charge in [-0.3, -0.25) is 0 Å². The van der Waals surface area contributed by atoms with Crippen molar-refractivity contribution in [1.82, 2.24) is 4.90 Å². The van der Waals surface area contributed by atoms with Gasteiger partial charge in [-0.2, -0.15) is 0 Å². The molecule has 1 heterocycles. The summed E-state index contributed by atoms with van der Waals surface area (Å²) in [4.78, 5) is 6.13. The Hall–Kier alpha value is -1.95. The van der Waals surface area contributed by atoms with E-state index < -0.39 is 5.60 Å². The molecule has 3 rings (SSSR count). The molecule has 0 atom stereocenters. The van der Waals surface area contributed by atoms with Crippen LogP contribution in [0.25, 0.3) is 0 Å². The molecule has 1 aliphatic rings. The van der Waals surface area contributed by atoms with Crippen LogP contribution in [0.5, 0.6) is 0 Å². The van der Waals surface area contributed by atoms with Crippen LogP contribution in [0.2, 0.25) is 5.02 Å². The fraction of sp³-hybridized carbons (Fsp3) is 0.381. The average molecular weight is 391 g/mol. The van der Waals surface area contributed by atoms with Crippen LogP contribution in [0.1, 0.15) is 23.6 Å². The molecule has 0 bridgehead atoms. The van der Waals surface area contributed by atoms with Gasteiger partial charge in [-0.15, -0.1) is 0 Å². The Kier molecular flexibility index (Phi) is 6.15. The normalized spacial score (nSPS) is 15.7. The zero-order valence-corrected chi connectivity index (χ0v) is 16.6. The summed E-state index contributed by atoms with van der Waals surface area (Å²) in [5, 5.41) is 0.663. The van der Waals surface area contributed by atoms with Crippen LogP contribution in [0.15, 0.2) is 41.4 Å². The Morgan fingerprint density at radius 2 is 2.11 bits per heavy atom. The van der Waals surface area contributed by atoms with E-state index in [0.717, 1.165) is 23.2 Å². The van der Waals surface area contributed by atoms with Crippen molar-refractivity contribution < 1.29 is 13.9 Å². The molecule has 4 nitrogen and oxygen atoms in total. The predicted molar refractivity (Wildman–Crippen MR) is 106 cm³/mol. The van der Waals surface area contributed by atoms with Crippen molar-refractivity contribution >= 4 is 23.6 Å². The second-order valence-corrected chi connectivity index (χ2v) is 7.28. The van der Waals surface area contributed by atoms with E-state index in [1.54, 1.807) is 12.4 Å². The van der Waals surface area contributed by atoms with Crippen LogP contribution < -0.4 is 0 Å². The monoisotopic (exact) mass is 390 g/mol. The van der Waals surface area contributed by atoms with Crippen LogP contribution in [0, 0.1) is 12.7 Å². The standard InChI is InChI=1S/C21H24ClFN2O2/c1-4-25(3)14-24-20-8-15(2)18(10-19(20)23)21(12-26-13-21)27-11-16-6-5-7-17(22)9-16/h5-10,14H,4,11-13H2,1-3H3. The van der Waals surface area contributed by atoms with Crippen LogP contribution in [0.4, 0.5) is 10.1 Å². The van der Waals surface area contributed by atoms with Crippen LogP contribution in [-0.4, -0.2) is 38.0 Å². The minimum absolute atomic E-state index is 0.321. The van der Waals surface area contributed by atoms with E-state index >= 15 is 0 Å². The van der Waals surface area contributed by atoms with E-state index in [0.29, 0.717) is 30.5 Å². The first-order valence-electron chi connectivity index (χ1n) is 8.95. The number of ether oxygens (including phenoxy) is 2. The molecule has 0 N–H and O–H groups in total. The highest BCUT2D eigenvalue weighted by molar-refractivity contribution is 6.30. The quantitative estimate of drug-likeness (QED) is 0.501. The zero-order valence-electron chi connectivity index (χ0n) is 15.8. The molecule has 0 aliphatic carbocycles. The van der Waals surface area contributed by atoms with Crippen LogP contribution in [0.3, 0.4) is 0 Å². The van der Waals surface area contributed by atoms with Gasteiger partial charge < -0.3 is 14.4 Å². The molecule has 0 aromatic heterocycles. The predicted octanol–water partition coefficient (Wildman–Crippen LogP) is 4.84. The number of hydrogen-bond acceptors (Lipinski definition) is 3. The van der Waals surface area contributed by atoms with Gasteiger partial charge in [-0.05, 0) is 54.8 Å². The first-order chi connectivity index (χ1) is 12.9. The molecule has 0 unspecified atom stereocenters. The number of hydrogen-bond donors (Lipinski definition) is 0. The SMILES string of the molecule is CCN(C)C=Nc1cc(C)c(C2(OCc3cccc(Cl)c3)COC2)cc1F. The number of aryl methyl sites for hydroxylation is 1. The molecular weight excluding hydrogens is 367 g/mol. The average Bonchev–Trinajstić information content (AvgIpc) is 2.61. The van der Waals surface area contributed by atoms with Crippen molar-refractivity contribution in [3.63, 3.8) is 0 Å². The van der Waals surface area contributed by atoms with Gasteiger partial charge in [-0.1, -0.05) is 23.7 Å². The van der Waals surface area contributed by atoms with Crippen molar-refractivity contribution in [2.45, 2.75) is 26.1 Å². The molecule has 0 saturated carbocycles. The van der Waals surface area contributed by atoms with Gasteiger partial charge in [0.05, 0.1) is 26.2 Å². The Balaban J connectivity index is 1.82. The fourth-order valence-electron chi connectivity index (χ4n) is 2.95. The number of rotatable bonds is 7. The highest BCUT2D eigenvalue weighted by Gasteiger charge is 2.43. The highest BCUT2D eigenvalue weighted by atomic mass is 35.5. The maximum atomic E-state index is 14.6. The minimum atomic E-state index is -0.643. The van der Waals surface area contributed by atoms with Crippen LogP contribution >= 0.6 is 11.6 Å². The first kappa shape index (κ1) is 19.8. The lowest BCUT2D eigenvalue weighted by Gasteiger charge is -2.42. The Morgan fingerprint density at radius 3 is 2.74 bits per heavy atom. The molecule has 27 heavy (non-hydrogen) atoms. The lowest BCUT2D eigenvalue weighted by Crippen LogP contribution is -2.49. The third-order valence-electron chi connectivity index (χ3n) is 4.75. The molecule has 2 aromatic rings. The smallest absolute Gasteiger partial charge is 0.149 e. The summed E-state index contributed by atoms with van der Waals surface area (Å²) in [6.45, 7) is 5.94. The van der Waals surface area contributed by atoms with Gasteiger partial charge in [-0.25, -0.2) is 9.38 Å². The van der Waals surface area contributed by atoms with E-state index in [4.69, 9.17) is 21.1 Å². The first-order valence-corrected chi connectivity index (χ1v) is 9.32. The van der Waals surface area contributed by atoms with Gasteiger partial charge in [0.15, 0.2) is 0 Å². The van der Waals surface area contributed by atoms with Crippen molar-refractivity contribution in [2.24, 2.45) is 4.99 Å². The molecule has 0 amide bonds. The third kappa shape index (κ3) is 4.49. The minimum Gasteiger partial charge on any atom is -0.375 e. The van der Waals surface area contributed by atoms with E-state index in [-0.39, 0.29) is 5.82 Å². The van der Waals surface area contributed by atoms with E-state index in [1.165, 1.54) is 6.07 Å².